The van der Waals surface area contributed by atoms with Gasteiger partial charge in [-0.15, -0.1) is 0 Å². The molecule has 0 spiro atoms. The van der Waals surface area contributed by atoms with Crippen molar-refractivity contribution in [1.82, 2.24) is 4.90 Å². The van der Waals surface area contributed by atoms with E-state index in [0.29, 0.717) is 0 Å². The van der Waals surface area contributed by atoms with Crippen molar-refractivity contribution in [2.75, 3.05) is 13.0 Å². The van der Waals surface area contributed by atoms with Gasteiger partial charge < -0.3 is 14.7 Å². The van der Waals surface area contributed by atoms with Crippen molar-refractivity contribution in [3.63, 3.8) is 0 Å². The van der Waals surface area contributed by atoms with Crippen molar-refractivity contribution in [2.24, 2.45) is 0 Å². The SMILES string of the molecule is [2H]C1([2H])N(C(=O)OC(C)(C)C)C([2H])([2H])C([2H])([2H])C([2H])(O)C1([2H])[2H]. The fourth-order valence-electron chi connectivity index (χ4n) is 0.676. The summed E-state index contributed by atoms with van der Waals surface area (Å²) in [6, 6.07) is 0. The van der Waals surface area contributed by atoms with Crippen LogP contribution in [0.1, 0.15) is 45.9 Å². The van der Waals surface area contributed by atoms with Gasteiger partial charge in [0.2, 0.25) is 0 Å². The zero-order valence-electron chi connectivity index (χ0n) is 17.2. The predicted molar refractivity (Wildman–Crippen MR) is 53.0 cm³/mol. The van der Waals surface area contributed by atoms with Crippen LogP contribution in [-0.2, 0) is 4.74 Å². The second-order valence-corrected chi connectivity index (χ2v) is 3.64. The van der Waals surface area contributed by atoms with Crippen molar-refractivity contribution in [3.8, 4) is 0 Å². The number of likely N-dealkylation sites (tertiary alicyclic amines) is 1. The van der Waals surface area contributed by atoms with Crippen LogP contribution in [0.4, 0.5) is 4.79 Å². The lowest BCUT2D eigenvalue weighted by Crippen LogP contribution is -2.42. The first-order valence-electron chi connectivity index (χ1n) is 8.51. The molecular formula is C10H19NO3. The number of nitrogens with zero attached hydrogens (tertiary/aromatic N) is 1. The maximum Gasteiger partial charge on any atom is 0.410 e. The molecule has 1 N–H and O–H groups in total. The van der Waals surface area contributed by atoms with E-state index in [1.165, 1.54) is 20.8 Å². The van der Waals surface area contributed by atoms with Crippen molar-refractivity contribution < 1.29 is 27.0 Å². The summed E-state index contributed by atoms with van der Waals surface area (Å²) in [5, 5.41) is 9.89. The highest BCUT2D eigenvalue weighted by atomic mass is 16.6. The monoisotopic (exact) mass is 210 g/mol. The van der Waals surface area contributed by atoms with Gasteiger partial charge in [-0.05, 0) is 33.5 Å². The number of carbonyl (C=O) groups excluding carboxylic acids is 1. The molecule has 0 radical (unpaired) electrons. The summed E-state index contributed by atoms with van der Waals surface area (Å²) < 4.78 is 73.8. The predicted octanol–water partition coefficient (Wildman–Crippen LogP) is 1.38. The van der Waals surface area contributed by atoms with Crippen LogP contribution in [0, 0.1) is 0 Å². The first-order chi connectivity index (χ1) is 9.75. The lowest BCUT2D eigenvalue weighted by Gasteiger charge is -2.31. The standard InChI is InChI=1S/C10H19NO3/c1-10(2,3)14-9(13)11-6-4-8(12)5-7-11/h8,12H,4-7H2,1-3H3/i4D2,5D2,6D2,7D2,8D. The maximum absolute atomic E-state index is 12.2. The molecule has 82 valence electrons. The molecule has 0 saturated carbocycles. The van der Waals surface area contributed by atoms with Crippen LogP contribution in [0.3, 0.4) is 0 Å². The Morgan fingerprint density at radius 2 is 2.07 bits per heavy atom. The Labute approximate surface area is 97.5 Å². The average molecular weight is 210 g/mol. The summed E-state index contributed by atoms with van der Waals surface area (Å²) >= 11 is 0. The molecule has 14 heavy (non-hydrogen) atoms. The zero-order valence-corrected chi connectivity index (χ0v) is 8.21. The van der Waals surface area contributed by atoms with Gasteiger partial charge in [0.05, 0.1) is 7.45 Å². The van der Waals surface area contributed by atoms with E-state index < -0.39 is 43.5 Å². The Morgan fingerprint density at radius 1 is 1.57 bits per heavy atom. The van der Waals surface area contributed by atoms with Gasteiger partial charge in [-0.2, -0.15) is 0 Å². The zero-order chi connectivity index (χ0) is 18.9. The molecule has 0 aliphatic carbocycles. The fourth-order valence-corrected chi connectivity index (χ4v) is 0.676. The molecule has 1 fully saturated rings. The number of hydrogen-bond donors (Lipinski definition) is 1. The number of hydrogen-bond acceptors (Lipinski definition) is 3. The van der Waals surface area contributed by atoms with Crippen LogP contribution in [0.5, 0.6) is 0 Å². The first-order valence-corrected chi connectivity index (χ1v) is 4.01. The molecule has 0 aromatic heterocycles. The van der Waals surface area contributed by atoms with Gasteiger partial charge >= 0.3 is 6.09 Å². The molecule has 1 heterocycles. The summed E-state index contributed by atoms with van der Waals surface area (Å²) in [6.45, 7) is -2.89. The highest BCUT2D eigenvalue weighted by Crippen LogP contribution is 2.14. The van der Waals surface area contributed by atoms with E-state index in [0.717, 1.165) is 0 Å². The maximum atomic E-state index is 12.2. The fraction of sp³-hybridized carbons (Fsp3) is 0.900. The van der Waals surface area contributed by atoms with Crippen molar-refractivity contribution in [3.05, 3.63) is 0 Å². The Kier molecular flexibility index (Phi) is 1.19. The normalized spacial score (nSPS) is 45.7. The minimum Gasteiger partial charge on any atom is -0.444 e. The first kappa shape index (κ1) is 4.00. The lowest BCUT2D eigenvalue weighted by molar-refractivity contribution is 0.0101. The van der Waals surface area contributed by atoms with Gasteiger partial charge in [-0.25, -0.2) is 4.79 Å². The molecule has 1 amide bonds. The molecule has 1 saturated heterocycles. The van der Waals surface area contributed by atoms with Crippen molar-refractivity contribution in [1.29, 1.82) is 0 Å². The molecule has 0 unspecified atom stereocenters. The summed E-state index contributed by atoms with van der Waals surface area (Å²) in [4.78, 5) is 11.8. The van der Waals surface area contributed by atoms with Gasteiger partial charge in [0.1, 0.15) is 5.60 Å². The minimum atomic E-state index is -3.80. The van der Waals surface area contributed by atoms with E-state index in [4.69, 9.17) is 17.1 Å². The second-order valence-electron chi connectivity index (χ2n) is 3.64. The largest absolute Gasteiger partial charge is 0.444 e. The third-order valence-electron chi connectivity index (χ3n) is 1.15. The van der Waals surface area contributed by atoms with E-state index in [9.17, 15) is 9.90 Å². The number of ether oxygens (including phenoxy) is 1. The average Bonchev–Trinajstić information content (AvgIpc) is 2.22. The van der Waals surface area contributed by atoms with Crippen LogP contribution < -0.4 is 0 Å². The number of rotatable bonds is 0. The minimum absolute atomic E-state index is 0.367. The highest BCUT2D eigenvalue weighted by molar-refractivity contribution is 5.68. The Bertz CT molecular complexity index is 482. The topological polar surface area (TPSA) is 49.8 Å². The van der Waals surface area contributed by atoms with Crippen LogP contribution in [-0.4, -0.2) is 40.8 Å². The van der Waals surface area contributed by atoms with Gasteiger partial charge in [-0.1, -0.05) is 0 Å². The summed E-state index contributed by atoms with van der Waals surface area (Å²) in [5.41, 5.74) is -1.18. The van der Waals surface area contributed by atoms with Crippen LogP contribution >= 0.6 is 0 Å². The molecule has 1 aliphatic rings. The Hall–Kier alpha value is -0.770. The van der Waals surface area contributed by atoms with E-state index >= 15 is 0 Å². The molecule has 0 aromatic rings. The molecule has 0 atom stereocenters. The number of amides is 1. The number of piperidine rings is 1. The molecule has 4 heteroatoms. The highest BCUT2D eigenvalue weighted by Gasteiger charge is 2.25. The summed E-state index contributed by atoms with van der Waals surface area (Å²) in [5.74, 6) is 0. The van der Waals surface area contributed by atoms with E-state index in [2.05, 4.69) is 0 Å². The van der Waals surface area contributed by atoms with Crippen LogP contribution in [0.15, 0.2) is 0 Å². The van der Waals surface area contributed by atoms with Crippen molar-refractivity contribution in [2.45, 2.75) is 45.2 Å². The smallest absolute Gasteiger partial charge is 0.410 e. The third-order valence-corrected chi connectivity index (χ3v) is 1.15. The van der Waals surface area contributed by atoms with E-state index in [1.54, 1.807) is 0 Å². The molecule has 0 aromatic carbocycles. The Morgan fingerprint density at radius 3 is 2.50 bits per heavy atom. The lowest BCUT2D eigenvalue weighted by atomic mass is 10.1. The van der Waals surface area contributed by atoms with Gasteiger partial charge in [0, 0.05) is 24.0 Å². The second kappa shape index (κ2) is 4.17. The molecule has 1 rings (SSSR count). The summed E-state index contributed by atoms with van der Waals surface area (Å²) in [6.07, 6.45) is -12.7. The van der Waals surface area contributed by atoms with E-state index in [-0.39, 0.29) is 4.90 Å². The Balaban J connectivity index is 3.60. The van der Waals surface area contributed by atoms with Crippen LogP contribution in [0.25, 0.3) is 0 Å². The van der Waals surface area contributed by atoms with Crippen molar-refractivity contribution >= 4 is 6.09 Å². The van der Waals surface area contributed by atoms with Gasteiger partial charge in [0.15, 0.2) is 0 Å². The quantitative estimate of drug-likeness (QED) is 0.657. The molecular weight excluding hydrogens is 182 g/mol. The number of carbonyl (C=O) groups is 1. The number of aliphatic hydroxyl groups is 1. The third kappa shape index (κ3) is 3.54. The van der Waals surface area contributed by atoms with Crippen LogP contribution in [0.2, 0.25) is 0 Å². The van der Waals surface area contributed by atoms with E-state index in [1.807, 2.05) is 0 Å². The van der Waals surface area contributed by atoms with Gasteiger partial charge in [-0.3, -0.25) is 0 Å². The van der Waals surface area contributed by atoms with Gasteiger partial charge in [0.25, 0.3) is 0 Å². The summed E-state index contributed by atoms with van der Waals surface area (Å²) in [7, 11) is 0. The molecule has 1 aliphatic heterocycles. The molecule has 0 bridgehead atoms. The molecule has 4 nitrogen and oxygen atoms in total.